The van der Waals surface area contributed by atoms with Gasteiger partial charge < -0.3 is 10.4 Å². The number of piperazine rings is 1. The minimum Gasteiger partial charge on any atom is -0.505 e. The first-order chi connectivity index (χ1) is 9.32. The fraction of sp³-hybridized carbons (Fsp3) is 0.500. The predicted molar refractivity (Wildman–Crippen MR) is 69.0 cm³/mol. The lowest BCUT2D eigenvalue weighted by Gasteiger charge is -2.36. The van der Waals surface area contributed by atoms with Crippen molar-refractivity contribution < 1.29 is 22.7 Å². The van der Waals surface area contributed by atoms with Gasteiger partial charge in [-0.15, -0.1) is 0 Å². The molecule has 20 heavy (non-hydrogen) atoms. The number of phenols is 1. The summed E-state index contributed by atoms with van der Waals surface area (Å²) < 4.78 is 53.4. The second kappa shape index (κ2) is 5.87. The van der Waals surface area contributed by atoms with Crippen LogP contribution in [0.15, 0.2) is 16.6 Å². The van der Waals surface area contributed by atoms with Crippen LogP contribution in [0.2, 0.25) is 0 Å². The average Bonchev–Trinajstić information content (AvgIpc) is 2.39. The molecule has 1 fully saturated rings. The van der Waals surface area contributed by atoms with E-state index in [-0.39, 0.29) is 17.6 Å². The maximum absolute atomic E-state index is 13.6. The summed E-state index contributed by atoms with van der Waals surface area (Å²) in [6.45, 7) is 1.21. The number of alkyl halides is 3. The summed E-state index contributed by atoms with van der Waals surface area (Å²) in [5.41, 5.74) is -0.458. The summed E-state index contributed by atoms with van der Waals surface area (Å²) >= 11 is 2.84. The van der Waals surface area contributed by atoms with E-state index in [0.717, 1.165) is 6.07 Å². The van der Waals surface area contributed by atoms with Gasteiger partial charge >= 0.3 is 6.18 Å². The Morgan fingerprint density at radius 3 is 2.40 bits per heavy atom. The molecule has 112 valence electrons. The number of halogens is 5. The predicted octanol–water partition coefficient (Wildman–Crippen LogP) is 2.80. The maximum Gasteiger partial charge on any atom is 0.408 e. The largest absolute Gasteiger partial charge is 0.505 e. The molecule has 1 saturated heterocycles. The summed E-state index contributed by atoms with van der Waals surface area (Å²) in [5.74, 6) is -2.04. The molecular weight excluding hydrogens is 344 g/mol. The van der Waals surface area contributed by atoms with E-state index in [2.05, 4.69) is 21.2 Å². The van der Waals surface area contributed by atoms with Crippen molar-refractivity contribution in [2.45, 2.75) is 12.2 Å². The van der Waals surface area contributed by atoms with Gasteiger partial charge in [-0.1, -0.05) is 6.07 Å². The van der Waals surface area contributed by atoms with Gasteiger partial charge in [0.25, 0.3) is 0 Å². The zero-order chi connectivity index (χ0) is 14.9. The minimum absolute atomic E-state index is 0.0695. The average molecular weight is 357 g/mol. The molecule has 0 aromatic heterocycles. The number of nitrogens with zero attached hydrogens (tertiary/aromatic N) is 1. The van der Waals surface area contributed by atoms with Crippen LogP contribution in [-0.4, -0.2) is 42.4 Å². The Labute approximate surface area is 121 Å². The molecule has 0 aliphatic carbocycles. The molecule has 3 nitrogen and oxygen atoms in total. The van der Waals surface area contributed by atoms with Crippen molar-refractivity contribution in [3.8, 4) is 5.75 Å². The standard InChI is InChI=1S/C12H13BrF4N2O/c13-8-2-1-7(10(20)9(8)14)11(12(15,16)17)19-5-3-18-4-6-19/h1-2,11,18,20H,3-6H2/t11-/m0/s1. The van der Waals surface area contributed by atoms with Crippen LogP contribution in [0.4, 0.5) is 17.6 Å². The highest BCUT2D eigenvalue weighted by Gasteiger charge is 2.46. The third kappa shape index (κ3) is 3.07. The van der Waals surface area contributed by atoms with Crippen LogP contribution < -0.4 is 5.32 Å². The van der Waals surface area contributed by atoms with Crippen LogP contribution in [0.25, 0.3) is 0 Å². The minimum atomic E-state index is -4.59. The first kappa shape index (κ1) is 15.5. The Kier molecular flexibility index (Phi) is 4.55. The van der Waals surface area contributed by atoms with Gasteiger partial charge in [0.15, 0.2) is 11.6 Å². The second-order valence-corrected chi connectivity index (χ2v) is 5.38. The lowest BCUT2D eigenvalue weighted by molar-refractivity contribution is -0.188. The number of benzene rings is 1. The van der Waals surface area contributed by atoms with E-state index in [1.807, 2.05) is 0 Å². The maximum atomic E-state index is 13.6. The van der Waals surface area contributed by atoms with Gasteiger partial charge in [-0.2, -0.15) is 13.2 Å². The lowest BCUT2D eigenvalue weighted by Crippen LogP contribution is -2.49. The van der Waals surface area contributed by atoms with Gasteiger partial charge in [-0.25, -0.2) is 4.39 Å². The second-order valence-electron chi connectivity index (χ2n) is 4.53. The van der Waals surface area contributed by atoms with Gasteiger partial charge in [-0.05, 0) is 22.0 Å². The Hall–Kier alpha value is -0.860. The first-order valence-electron chi connectivity index (χ1n) is 6.00. The number of phenolic OH excluding ortho intramolecular Hbond substituents is 1. The molecule has 2 N–H and O–H groups in total. The molecule has 0 radical (unpaired) electrons. The molecular formula is C12H13BrF4N2O. The summed E-state index contributed by atoms with van der Waals surface area (Å²) in [6.07, 6.45) is -4.59. The molecule has 1 aliphatic heterocycles. The van der Waals surface area contributed by atoms with Crippen LogP contribution in [0.1, 0.15) is 11.6 Å². The normalized spacial score (nSPS) is 19.1. The summed E-state index contributed by atoms with van der Waals surface area (Å²) in [5, 5.41) is 12.7. The number of nitrogens with one attached hydrogen (secondary N) is 1. The van der Waals surface area contributed by atoms with Crippen LogP contribution in [0.5, 0.6) is 5.75 Å². The molecule has 0 amide bonds. The van der Waals surface area contributed by atoms with Crippen molar-refractivity contribution in [3.63, 3.8) is 0 Å². The van der Waals surface area contributed by atoms with Crippen LogP contribution in [-0.2, 0) is 0 Å². The Balaban J connectivity index is 2.44. The highest BCUT2D eigenvalue weighted by atomic mass is 79.9. The molecule has 1 atom stereocenters. The Morgan fingerprint density at radius 1 is 1.25 bits per heavy atom. The van der Waals surface area contributed by atoms with Gasteiger partial charge in [-0.3, -0.25) is 4.90 Å². The number of hydrogen-bond donors (Lipinski definition) is 2. The van der Waals surface area contributed by atoms with E-state index in [0.29, 0.717) is 13.1 Å². The van der Waals surface area contributed by atoms with Gasteiger partial charge in [0.05, 0.1) is 4.47 Å². The van der Waals surface area contributed by atoms with Crippen molar-refractivity contribution >= 4 is 15.9 Å². The molecule has 1 aromatic rings. The number of hydrogen-bond acceptors (Lipinski definition) is 3. The molecule has 0 spiro atoms. The summed E-state index contributed by atoms with van der Waals surface area (Å²) in [7, 11) is 0. The fourth-order valence-corrected chi connectivity index (χ4v) is 2.62. The summed E-state index contributed by atoms with van der Waals surface area (Å²) in [6, 6.07) is 0.265. The van der Waals surface area contributed by atoms with E-state index in [4.69, 9.17) is 0 Å². The van der Waals surface area contributed by atoms with E-state index in [1.54, 1.807) is 0 Å². The van der Waals surface area contributed by atoms with E-state index < -0.39 is 29.3 Å². The van der Waals surface area contributed by atoms with E-state index >= 15 is 0 Å². The SMILES string of the molecule is Oc1c([C@H](N2CCNCC2)C(F)(F)F)ccc(Br)c1F. The van der Waals surface area contributed by atoms with Crippen LogP contribution in [0, 0.1) is 5.82 Å². The van der Waals surface area contributed by atoms with Crippen molar-refractivity contribution in [3.05, 3.63) is 28.0 Å². The summed E-state index contributed by atoms with van der Waals surface area (Å²) in [4.78, 5) is 1.19. The quantitative estimate of drug-likeness (QED) is 0.800. The topological polar surface area (TPSA) is 35.5 Å². The lowest BCUT2D eigenvalue weighted by atomic mass is 10.0. The third-order valence-electron chi connectivity index (χ3n) is 3.22. The van der Waals surface area contributed by atoms with Crippen molar-refractivity contribution in [2.24, 2.45) is 0 Å². The number of aromatic hydroxyl groups is 1. The fourth-order valence-electron chi connectivity index (χ4n) is 2.30. The third-order valence-corrected chi connectivity index (χ3v) is 3.83. The van der Waals surface area contributed by atoms with Crippen molar-refractivity contribution in [1.82, 2.24) is 10.2 Å². The first-order valence-corrected chi connectivity index (χ1v) is 6.80. The number of rotatable bonds is 2. The highest BCUT2D eigenvalue weighted by Crippen LogP contribution is 2.43. The highest BCUT2D eigenvalue weighted by molar-refractivity contribution is 9.10. The van der Waals surface area contributed by atoms with Gasteiger partial charge in [0.2, 0.25) is 0 Å². The molecule has 0 unspecified atom stereocenters. The Morgan fingerprint density at radius 2 is 1.85 bits per heavy atom. The van der Waals surface area contributed by atoms with Crippen LogP contribution >= 0.6 is 15.9 Å². The van der Waals surface area contributed by atoms with Crippen molar-refractivity contribution in [1.29, 1.82) is 0 Å². The van der Waals surface area contributed by atoms with E-state index in [9.17, 15) is 22.7 Å². The monoisotopic (exact) mass is 356 g/mol. The molecule has 0 saturated carbocycles. The van der Waals surface area contributed by atoms with Crippen LogP contribution in [0.3, 0.4) is 0 Å². The van der Waals surface area contributed by atoms with Gasteiger partial charge in [0.1, 0.15) is 6.04 Å². The molecule has 8 heteroatoms. The van der Waals surface area contributed by atoms with Gasteiger partial charge in [0, 0.05) is 31.7 Å². The smallest absolute Gasteiger partial charge is 0.408 e. The zero-order valence-corrected chi connectivity index (χ0v) is 11.9. The molecule has 1 aliphatic rings. The molecule has 1 aromatic carbocycles. The molecule has 2 rings (SSSR count). The Bertz CT molecular complexity index is 489. The van der Waals surface area contributed by atoms with E-state index in [1.165, 1.54) is 11.0 Å². The molecule has 0 bridgehead atoms. The van der Waals surface area contributed by atoms with Crippen molar-refractivity contribution in [2.75, 3.05) is 26.2 Å². The molecule has 1 heterocycles. The zero-order valence-electron chi connectivity index (χ0n) is 10.3.